The molecule has 1 aromatic heterocycles. The van der Waals surface area contributed by atoms with Crippen molar-refractivity contribution in [2.75, 3.05) is 17.7 Å². The summed E-state index contributed by atoms with van der Waals surface area (Å²) in [4.78, 5) is 16.1. The van der Waals surface area contributed by atoms with E-state index in [1.807, 2.05) is 0 Å². The zero-order chi connectivity index (χ0) is 14.1. The van der Waals surface area contributed by atoms with Crippen LogP contribution in [0, 0.1) is 11.8 Å². The van der Waals surface area contributed by atoms with Gasteiger partial charge in [0.25, 0.3) is 0 Å². The Bertz CT molecular complexity index is 518. The third-order valence-electron chi connectivity index (χ3n) is 4.50. The molecule has 0 spiro atoms. The SMILES string of the molecule is CCOC(=O)c1cc(NC2CC3CCC2C3)ncc1N. The molecule has 3 N–H and O–H groups in total. The summed E-state index contributed by atoms with van der Waals surface area (Å²) in [7, 11) is 0. The minimum absolute atomic E-state index is 0.343. The van der Waals surface area contributed by atoms with Crippen LogP contribution in [-0.2, 0) is 4.74 Å². The highest BCUT2D eigenvalue weighted by Gasteiger charge is 2.39. The molecule has 0 aromatic carbocycles. The number of nitrogens with zero attached hydrogens (tertiary/aromatic N) is 1. The van der Waals surface area contributed by atoms with Crippen molar-refractivity contribution in [2.24, 2.45) is 11.8 Å². The normalized spacial score (nSPS) is 27.6. The van der Waals surface area contributed by atoms with Crippen molar-refractivity contribution in [3.05, 3.63) is 17.8 Å². The summed E-state index contributed by atoms with van der Waals surface area (Å²) in [5, 5.41) is 3.46. The van der Waals surface area contributed by atoms with E-state index in [1.165, 1.54) is 31.9 Å². The zero-order valence-electron chi connectivity index (χ0n) is 11.8. The lowest BCUT2D eigenvalue weighted by Gasteiger charge is -2.23. The van der Waals surface area contributed by atoms with Gasteiger partial charge in [-0.05, 0) is 44.1 Å². The molecule has 3 atom stereocenters. The first-order valence-electron chi connectivity index (χ1n) is 7.36. The quantitative estimate of drug-likeness (QED) is 0.825. The van der Waals surface area contributed by atoms with E-state index in [4.69, 9.17) is 10.5 Å². The molecule has 2 fully saturated rings. The summed E-state index contributed by atoms with van der Waals surface area (Å²) in [6, 6.07) is 2.19. The number of pyridine rings is 1. The molecular weight excluding hydrogens is 254 g/mol. The maximum absolute atomic E-state index is 11.8. The van der Waals surface area contributed by atoms with Gasteiger partial charge in [-0.2, -0.15) is 0 Å². The number of carbonyl (C=O) groups excluding carboxylic acids is 1. The number of rotatable bonds is 4. The molecule has 2 saturated carbocycles. The summed E-state index contributed by atoms with van der Waals surface area (Å²) in [6.07, 6.45) is 6.75. The number of ether oxygens (including phenoxy) is 1. The van der Waals surface area contributed by atoms with Crippen LogP contribution in [0.25, 0.3) is 0 Å². The van der Waals surface area contributed by atoms with Gasteiger partial charge in [-0.15, -0.1) is 0 Å². The second-order valence-corrected chi connectivity index (χ2v) is 5.80. The molecule has 5 nitrogen and oxygen atoms in total. The lowest BCUT2D eigenvalue weighted by molar-refractivity contribution is 0.0527. The minimum atomic E-state index is -0.386. The number of anilines is 2. The van der Waals surface area contributed by atoms with Gasteiger partial charge in [-0.25, -0.2) is 9.78 Å². The van der Waals surface area contributed by atoms with Crippen LogP contribution in [-0.4, -0.2) is 23.6 Å². The Kier molecular flexibility index (Phi) is 3.51. The predicted octanol–water partition coefficient (Wildman–Crippen LogP) is 2.44. The van der Waals surface area contributed by atoms with Crippen LogP contribution < -0.4 is 11.1 Å². The van der Waals surface area contributed by atoms with Crippen LogP contribution in [0.15, 0.2) is 12.3 Å². The minimum Gasteiger partial charge on any atom is -0.462 e. The van der Waals surface area contributed by atoms with Crippen molar-refractivity contribution >= 4 is 17.5 Å². The molecular formula is C15H21N3O2. The van der Waals surface area contributed by atoms with Crippen LogP contribution in [0.4, 0.5) is 11.5 Å². The highest BCUT2D eigenvalue weighted by molar-refractivity contribution is 5.95. The number of aromatic nitrogens is 1. The van der Waals surface area contributed by atoms with Gasteiger partial charge >= 0.3 is 5.97 Å². The first-order valence-corrected chi connectivity index (χ1v) is 7.36. The van der Waals surface area contributed by atoms with E-state index in [1.54, 1.807) is 13.0 Å². The van der Waals surface area contributed by atoms with E-state index < -0.39 is 0 Å². The van der Waals surface area contributed by atoms with E-state index in [2.05, 4.69) is 10.3 Å². The number of fused-ring (bicyclic) bond motifs is 2. The van der Waals surface area contributed by atoms with Gasteiger partial charge in [0.15, 0.2) is 0 Å². The van der Waals surface area contributed by atoms with Crippen molar-refractivity contribution in [3.8, 4) is 0 Å². The average Bonchev–Trinajstić information content (AvgIpc) is 3.03. The van der Waals surface area contributed by atoms with E-state index in [0.29, 0.717) is 23.9 Å². The highest BCUT2D eigenvalue weighted by atomic mass is 16.5. The van der Waals surface area contributed by atoms with Gasteiger partial charge in [0.05, 0.1) is 24.1 Å². The van der Waals surface area contributed by atoms with Crippen molar-refractivity contribution in [1.82, 2.24) is 4.98 Å². The number of carbonyl (C=O) groups is 1. The fraction of sp³-hybridized carbons (Fsp3) is 0.600. The summed E-state index contributed by atoms with van der Waals surface area (Å²) in [5.74, 6) is 1.96. The molecule has 108 valence electrons. The van der Waals surface area contributed by atoms with Gasteiger partial charge in [0.2, 0.25) is 0 Å². The van der Waals surface area contributed by atoms with E-state index in [0.717, 1.165) is 17.7 Å². The Morgan fingerprint density at radius 3 is 3.00 bits per heavy atom. The summed E-state index contributed by atoms with van der Waals surface area (Å²) in [5.41, 5.74) is 6.56. The van der Waals surface area contributed by atoms with E-state index in [9.17, 15) is 4.79 Å². The van der Waals surface area contributed by atoms with Crippen LogP contribution >= 0.6 is 0 Å². The maximum atomic E-state index is 11.8. The third-order valence-corrected chi connectivity index (χ3v) is 4.50. The van der Waals surface area contributed by atoms with Gasteiger partial charge < -0.3 is 15.8 Å². The van der Waals surface area contributed by atoms with E-state index >= 15 is 0 Å². The molecule has 2 aliphatic carbocycles. The Morgan fingerprint density at radius 2 is 2.35 bits per heavy atom. The number of nitrogens with one attached hydrogen (secondary N) is 1. The second-order valence-electron chi connectivity index (χ2n) is 5.80. The monoisotopic (exact) mass is 275 g/mol. The standard InChI is InChI=1S/C15H21N3O2/c1-2-20-15(19)11-7-14(17-8-12(11)16)18-13-6-9-3-4-10(13)5-9/h7-10,13H,2-6,16H2,1H3,(H,17,18). The van der Waals surface area contributed by atoms with Gasteiger partial charge in [-0.1, -0.05) is 6.42 Å². The largest absolute Gasteiger partial charge is 0.462 e. The van der Waals surface area contributed by atoms with Crippen LogP contribution in [0.5, 0.6) is 0 Å². The molecule has 20 heavy (non-hydrogen) atoms. The zero-order valence-corrected chi connectivity index (χ0v) is 11.8. The molecule has 3 unspecified atom stereocenters. The van der Waals surface area contributed by atoms with Gasteiger partial charge in [0, 0.05) is 6.04 Å². The lowest BCUT2D eigenvalue weighted by Crippen LogP contribution is -2.26. The molecule has 1 heterocycles. The smallest absolute Gasteiger partial charge is 0.340 e. The summed E-state index contributed by atoms with van der Waals surface area (Å²) < 4.78 is 5.01. The number of esters is 1. The van der Waals surface area contributed by atoms with Crippen molar-refractivity contribution in [3.63, 3.8) is 0 Å². The molecule has 5 heteroatoms. The number of nitrogen functional groups attached to an aromatic ring is 1. The summed E-state index contributed by atoms with van der Waals surface area (Å²) >= 11 is 0. The fourth-order valence-electron chi connectivity index (χ4n) is 3.54. The second kappa shape index (κ2) is 5.31. The van der Waals surface area contributed by atoms with Crippen LogP contribution in [0.2, 0.25) is 0 Å². The summed E-state index contributed by atoms with van der Waals surface area (Å²) in [6.45, 7) is 2.12. The van der Waals surface area contributed by atoms with Crippen LogP contribution in [0.1, 0.15) is 43.0 Å². The predicted molar refractivity (Wildman–Crippen MR) is 77.5 cm³/mol. The number of nitrogens with two attached hydrogens (primary N) is 1. The highest BCUT2D eigenvalue weighted by Crippen LogP contribution is 2.45. The Balaban J connectivity index is 1.74. The first-order chi connectivity index (χ1) is 9.67. The van der Waals surface area contributed by atoms with E-state index in [-0.39, 0.29) is 5.97 Å². The topological polar surface area (TPSA) is 77.2 Å². The Labute approximate surface area is 118 Å². The fourth-order valence-corrected chi connectivity index (χ4v) is 3.54. The number of hydrogen-bond donors (Lipinski definition) is 2. The van der Waals surface area contributed by atoms with Crippen molar-refractivity contribution in [2.45, 2.75) is 38.6 Å². The molecule has 3 rings (SSSR count). The Morgan fingerprint density at radius 1 is 1.50 bits per heavy atom. The maximum Gasteiger partial charge on any atom is 0.340 e. The molecule has 0 radical (unpaired) electrons. The van der Waals surface area contributed by atoms with Crippen molar-refractivity contribution < 1.29 is 9.53 Å². The lowest BCUT2D eigenvalue weighted by atomic mass is 9.95. The third kappa shape index (κ3) is 2.44. The van der Waals surface area contributed by atoms with Gasteiger partial charge in [-0.3, -0.25) is 0 Å². The number of hydrogen-bond acceptors (Lipinski definition) is 5. The molecule has 1 aromatic rings. The first kappa shape index (κ1) is 13.2. The van der Waals surface area contributed by atoms with Crippen molar-refractivity contribution in [1.29, 1.82) is 0 Å². The molecule has 0 saturated heterocycles. The molecule has 0 aliphatic heterocycles. The molecule has 2 aliphatic rings. The molecule has 2 bridgehead atoms. The average molecular weight is 275 g/mol. The van der Waals surface area contributed by atoms with Crippen LogP contribution in [0.3, 0.4) is 0 Å². The molecule has 0 amide bonds. The van der Waals surface area contributed by atoms with Gasteiger partial charge in [0.1, 0.15) is 5.82 Å². The Hall–Kier alpha value is -1.78.